The lowest BCUT2D eigenvalue weighted by molar-refractivity contribution is 0.402. The number of hydrogen-bond acceptors (Lipinski definition) is 4. The first kappa shape index (κ1) is 17.3. The molecule has 0 unspecified atom stereocenters. The Labute approximate surface area is 157 Å². The second kappa shape index (κ2) is 8.52. The molecule has 0 bridgehead atoms. The van der Waals surface area contributed by atoms with E-state index in [1.807, 2.05) is 0 Å². The molecule has 4 heteroatoms. The van der Waals surface area contributed by atoms with E-state index in [4.69, 9.17) is 0 Å². The van der Waals surface area contributed by atoms with Gasteiger partial charge in [0.25, 0.3) is 0 Å². The van der Waals surface area contributed by atoms with Gasteiger partial charge in [0.2, 0.25) is 0 Å². The fourth-order valence-electron chi connectivity index (χ4n) is 4.30. The second-order valence-corrected chi connectivity index (χ2v) is 7.76. The zero-order valence-electron chi connectivity index (χ0n) is 15.7. The van der Waals surface area contributed by atoms with Crippen molar-refractivity contribution < 1.29 is 0 Å². The lowest BCUT2D eigenvalue weighted by Gasteiger charge is -2.33. The Bertz CT molecular complexity index is 672. The topological polar surface area (TPSA) is 32.3 Å². The summed E-state index contributed by atoms with van der Waals surface area (Å²) in [6, 6.07) is 13.1. The van der Waals surface area contributed by atoms with Crippen LogP contribution in [0, 0.1) is 5.92 Å². The zero-order chi connectivity index (χ0) is 17.6. The molecule has 0 spiro atoms. The Morgan fingerprint density at radius 1 is 0.769 bits per heavy atom. The van der Waals surface area contributed by atoms with Crippen LogP contribution in [0.25, 0.3) is 0 Å². The quantitative estimate of drug-likeness (QED) is 0.822. The molecule has 0 atom stereocenters. The average molecular weight is 351 g/mol. The third kappa shape index (κ3) is 4.35. The zero-order valence-corrected chi connectivity index (χ0v) is 15.7. The Kier molecular flexibility index (Phi) is 5.68. The standard InChI is InChI=1S/C22H30N4/c1-2-7-13-25(12-6-1)21-17-22(24-18-23-21)26-14-10-20(11-15-26)16-19-8-4-3-5-9-19/h3-5,8-9,17-18,20H,1-2,6-7,10-16H2. The van der Waals surface area contributed by atoms with E-state index in [0.29, 0.717) is 0 Å². The Balaban J connectivity index is 1.36. The molecule has 2 fully saturated rings. The SMILES string of the molecule is c1ccc(CC2CCN(c3cc(N4CCCCCC4)ncn3)CC2)cc1. The minimum absolute atomic E-state index is 0.792. The molecule has 0 N–H and O–H groups in total. The Hall–Kier alpha value is -2.10. The lowest BCUT2D eigenvalue weighted by atomic mass is 9.90. The van der Waals surface area contributed by atoms with E-state index in [-0.39, 0.29) is 0 Å². The summed E-state index contributed by atoms with van der Waals surface area (Å²) in [7, 11) is 0. The lowest BCUT2D eigenvalue weighted by Crippen LogP contribution is -2.35. The van der Waals surface area contributed by atoms with Crippen molar-refractivity contribution in [1.82, 2.24) is 9.97 Å². The summed E-state index contributed by atoms with van der Waals surface area (Å²) < 4.78 is 0. The predicted molar refractivity (Wildman–Crippen MR) is 108 cm³/mol. The highest BCUT2D eigenvalue weighted by Crippen LogP contribution is 2.26. The summed E-state index contributed by atoms with van der Waals surface area (Å²) >= 11 is 0. The molecule has 2 aliphatic heterocycles. The number of piperidine rings is 1. The molecular weight excluding hydrogens is 320 g/mol. The van der Waals surface area contributed by atoms with E-state index in [9.17, 15) is 0 Å². The number of rotatable bonds is 4. The van der Waals surface area contributed by atoms with Crippen LogP contribution >= 0.6 is 0 Å². The van der Waals surface area contributed by atoms with E-state index < -0.39 is 0 Å². The molecule has 2 saturated heterocycles. The molecule has 2 aromatic rings. The molecular formula is C22H30N4. The highest BCUT2D eigenvalue weighted by Gasteiger charge is 2.21. The van der Waals surface area contributed by atoms with Crippen LogP contribution in [0.5, 0.6) is 0 Å². The van der Waals surface area contributed by atoms with Crippen molar-refractivity contribution in [3.05, 3.63) is 48.3 Å². The van der Waals surface area contributed by atoms with Crippen LogP contribution < -0.4 is 9.80 Å². The van der Waals surface area contributed by atoms with Gasteiger partial charge < -0.3 is 9.80 Å². The molecule has 1 aromatic carbocycles. The van der Waals surface area contributed by atoms with Crippen LogP contribution in [0.3, 0.4) is 0 Å². The van der Waals surface area contributed by atoms with E-state index >= 15 is 0 Å². The van der Waals surface area contributed by atoms with Gasteiger partial charge in [-0.15, -0.1) is 0 Å². The third-order valence-corrected chi connectivity index (χ3v) is 5.87. The average Bonchev–Trinajstić information content (AvgIpc) is 2.99. The molecule has 26 heavy (non-hydrogen) atoms. The molecule has 1 aromatic heterocycles. The van der Waals surface area contributed by atoms with Gasteiger partial charge in [0.05, 0.1) is 0 Å². The first-order chi connectivity index (χ1) is 12.9. The number of benzene rings is 1. The van der Waals surface area contributed by atoms with Crippen molar-refractivity contribution >= 4 is 11.6 Å². The summed E-state index contributed by atoms with van der Waals surface area (Å²) in [5.74, 6) is 3.02. The van der Waals surface area contributed by atoms with Gasteiger partial charge in [-0.2, -0.15) is 0 Å². The van der Waals surface area contributed by atoms with Crippen LogP contribution in [0.15, 0.2) is 42.7 Å². The van der Waals surface area contributed by atoms with Crippen molar-refractivity contribution in [2.45, 2.75) is 44.9 Å². The summed E-state index contributed by atoms with van der Waals surface area (Å²) in [5, 5.41) is 0. The molecule has 3 heterocycles. The Morgan fingerprint density at radius 2 is 1.38 bits per heavy atom. The van der Waals surface area contributed by atoms with Crippen LogP contribution in [0.1, 0.15) is 44.1 Å². The molecule has 4 nitrogen and oxygen atoms in total. The van der Waals surface area contributed by atoms with Crippen LogP contribution in [-0.2, 0) is 6.42 Å². The van der Waals surface area contributed by atoms with Gasteiger partial charge in [-0.1, -0.05) is 43.2 Å². The summed E-state index contributed by atoms with van der Waals surface area (Å²) in [4.78, 5) is 14.0. The van der Waals surface area contributed by atoms with Gasteiger partial charge in [-0.05, 0) is 43.6 Å². The van der Waals surface area contributed by atoms with Gasteiger partial charge in [0, 0.05) is 32.2 Å². The summed E-state index contributed by atoms with van der Waals surface area (Å²) in [6.45, 7) is 4.48. The van der Waals surface area contributed by atoms with E-state index in [2.05, 4.69) is 56.2 Å². The monoisotopic (exact) mass is 350 g/mol. The minimum Gasteiger partial charge on any atom is -0.356 e. The number of anilines is 2. The number of nitrogens with zero attached hydrogens (tertiary/aromatic N) is 4. The molecule has 0 amide bonds. The highest BCUT2D eigenvalue weighted by atomic mass is 15.2. The van der Waals surface area contributed by atoms with Gasteiger partial charge in [-0.3, -0.25) is 0 Å². The van der Waals surface area contributed by atoms with E-state index in [0.717, 1.165) is 43.7 Å². The molecule has 138 valence electrons. The van der Waals surface area contributed by atoms with Crippen molar-refractivity contribution in [2.75, 3.05) is 36.0 Å². The van der Waals surface area contributed by atoms with Crippen molar-refractivity contribution in [3.63, 3.8) is 0 Å². The summed E-state index contributed by atoms with van der Waals surface area (Å²) in [5.41, 5.74) is 1.47. The summed E-state index contributed by atoms with van der Waals surface area (Å²) in [6.07, 6.45) is 10.7. The maximum absolute atomic E-state index is 4.58. The first-order valence-electron chi connectivity index (χ1n) is 10.2. The van der Waals surface area contributed by atoms with Crippen LogP contribution in [0.2, 0.25) is 0 Å². The molecule has 0 radical (unpaired) electrons. The van der Waals surface area contributed by atoms with Crippen molar-refractivity contribution in [2.24, 2.45) is 5.92 Å². The smallest absolute Gasteiger partial charge is 0.134 e. The number of aromatic nitrogens is 2. The van der Waals surface area contributed by atoms with Crippen molar-refractivity contribution in [3.8, 4) is 0 Å². The van der Waals surface area contributed by atoms with Gasteiger partial charge in [0.1, 0.15) is 18.0 Å². The maximum atomic E-state index is 4.58. The van der Waals surface area contributed by atoms with Gasteiger partial charge >= 0.3 is 0 Å². The first-order valence-corrected chi connectivity index (χ1v) is 10.2. The largest absolute Gasteiger partial charge is 0.356 e. The molecule has 2 aliphatic rings. The number of hydrogen-bond donors (Lipinski definition) is 0. The van der Waals surface area contributed by atoms with Gasteiger partial charge in [-0.25, -0.2) is 9.97 Å². The maximum Gasteiger partial charge on any atom is 0.134 e. The predicted octanol–water partition coefficient (Wildman–Crippen LogP) is 4.32. The van der Waals surface area contributed by atoms with Gasteiger partial charge in [0.15, 0.2) is 0 Å². The molecule has 4 rings (SSSR count). The second-order valence-electron chi connectivity index (χ2n) is 7.76. The van der Waals surface area contributed by atoms with Crippen LogP contribution in [0.4, 0.5) is 11.6 Å². The third-order valence-electron chi connectivity index (χ3n) is 5.87. The van der Waals surface area contributed by atoms with Crippen LogP contribution in [-0.4, -0.2) is 36.1 Å². The fourth-order valence-corrected chi connectivity index (χ4v) is 4.30. The minimum atomic E-state index is 0.792. The van der Waals surface area contributed by atoms with E-state index in [1.165, 1.54) is 50.5 Å². The molecule has 0 saturated carbocycles. The normalized spacial score (nSPS) is 19.4. The Morgan fingerprint density at radius 3 is 2.04 bits per heavy atom. The van der Waals surface area contributed by atoms with E-state index in [1.54, 1.807) is 6.33 Å². The van der Waals surface area contributed by atoms with Crippen molar-refractivity contribution in [1.29, 1.82) is 0 Å². The highest BCUT2D eigenvalue weighted by molar-refractivity contribution is 5.50. The molecule has 0 aliphatic carbocycles. The fraction of sp³-hybridized carbons (Fsp3) is 0.545.